The fourth-order valence-corrected chi connectivity index (χ4v) is 3.07. The zero-order valence-corrected chi connectivity index (χ0v) is 15.2. The molecule has 0 aliphatic rings. The number of hydrogen-bond acceptors (Lipinski definition) is 5. The SMILES string of the molecule is CCOc1ccc(/C=C/C(=O)NCc2csc(-c3cccnc3)n2)cc1. The molecule has 0 fully saturated rings. The fourth-order valence-electron chi connectivity index (χ4n) is 2.26. The minimum Gasteiger partial charge on any atom is -0.494 e. The zero-order valence-electron chi connectivity index (χ0n) is 14.4. The Morgan fingerprint density at radius 2 is 2.12 bits per heavy atom. The molecule has 0 atom stereocenters. The summed E-state index contributed by atoms with van der Waals surface area (Å²) in [5.41, 5.74) is 2.75. The molecule has 0 bridgehead atoms. The summed E-state index contributed by atoms with van der Waals surface area (Å²) in [6.45, 7) is 2.97. The number of hydrogen-bond donors (Lipinski definition) is 1. The number of pyridine rings is 1. The Labute approximate surface area is 156 Å². The summed E-state index contributed by atoms with van der Waals surface area (Å²) in [6, 6.07) is 11.4. The lowest BCUT2D eigenvalue weighted by Gasteiger charge is -2.02. The molecule has 3 rings (SSSR count). The molecule has 3 aromatic rings. The van der Waals surface area contributed by atoms with Crippen molar-refractivity contribution in [2.45, 2.75) is 13.5 Å². The summed E-state index contributed by atoms with van der Waals surface area (Å²) >= 11 is 1.54. The normalized spacial score (nSPS) is 10.8. The molecule has 1 N–H and O–H groups in total. The first kappa shape index (κ1) is 17.8. The molecule has 0 saturated heterocycles. The van der Waals surface area contributed by atoms with Crippen molar-refractivity contribution < 1.29 is 9.53 Å². The highest BCUT2D eigenvalue weighted by Crippen LogP contribution is 2.22. The molecule has 0 saturated carbocycles. The van der Waals surface area contributed by atoms with Gasteiger partial charge in [-0.2, -0.15) is 0 Å². The van der Waals surface area contributed by atoms with Gasteiger partial charge in [-0.3, -0.25) is 9.78 Å². The van der Waals surface area contributed by atoms with Crippen molar-refractivity contribution >= 4 is 23.3 Å². The lowest BCUT2D eigenvalue weighted by atomic mass is 10.2. The van der Waals surface area contributed by atoms with Crippen molar-refractivity contribution in [2.24, 2.45) is 0 Å². The van der Waals surface area contributed by atoms with Gasteiger partial charge in [0, 0.05) is 29.4 Å². The zero-order chi connectivity index (χ0) is 18.2. The van der Waals surface area contributed by atoms with E-state index in [0.29, 0.717) is 13.2 Å². The van der Waals surface area contributed by atoms with Crippen LogP contribution in [0.2, 0.25) is 0 Å². The molecule has 0 spiro atoms. The molecule has 6 heteroatoms. The van der Waals surface area contributed by atoms with Crippen LogP contribution in [0.5, 0.6) is 5.75 Å². The van der Waals surface area contributed by atoms with Crippen LogP contribution in [-0.4, -0.2) is 22.5 Å². The molecule has 132 valence electrons. The van der Waals surface area contributed by atoms with Crippen LogP contribution >= 0.6 is 11.3 Å². The van der Waals surface area contributed by atoms with Gasteiger partial charge in [-0.1, -0.05) is 12.1 Å². The third-order valence-corrected chi connectivity index (χ3v) is 4.46. The van der Waals surface area contributed by atoms with E-state index in [9.17, 15) is 4.79 Å². The Hall–Kier alpha value is -2.99. The van der Waals surface area contributed by atoms with Gasteiger partial charge in [0.1, 0.15) is 10.8 Å². The van der Waals surface area contributed by atoms with Gasteiger partial charge in [-0.15, -0.1) is 11.3 Å². The van der Waals surface area contributed by atoms with Crippen molar-refractivity contribution in [3.8, 4) is 16.3 Å². The van der Waals surface area contributed by atoms with Crippen LogP contribution in [0.25, 0.3) is 16.6 Å². The van der Waals surface area contributed by atoms with E-state index < -0.39 is 0 Å². The number of carbonyl (C=O) groups is 1. The maximum absolute atomic E-state index is 12.0. The predicted molar refractivity (Wildman–Crippen MR) is 104 cm³/mol. The van der Waals surface area contributed by atoms with Crippen molar-refractivity contribution in [1.29, 1.82) is 0 Å². The van der Waals surface area contributed by atoms with Crippen molar-refractivity contribution in [3.05, 3.63) is 71.5 Å². The number of nitrogens with zero attached hydrogens (tertiary/aromatic N) is 2. The van der Waals surface area contributed by atoms with E-state index in [2.05, 4.69) is 15.3 Å². The summed E-state index contributed by atoms with van der Waals surface area (Å²) in [7, 11) is 0. The molecule has 0 unspecified atom stereocenters. The second kappa shape index (κ2) is 8.92. The van der Waals surface area contributed by atoms with E-state index in [1.54, 1.807) is 18.5 Å². The van der Waals surface area contributed by atoms with E-state index in [-0.39, 0.29) is 5.91 Å². The van der Waals surface area contributed by atoms with Crippen LogP contribution in [0.3, 0.4) is 0 Å². The predicted octanol–water partition coefficient (Wildman–Crippen LogP) is 3.93. The first-order valence-electron chi connectivity index (χ1n) is 8.28. The minimum atomic E-state index is -0.158. The Bertz CT molecular complexity index is 874. The van der Waals surface area contributed by atoms with Crippen molar-refractivity contribution in [1.82, 2.24) is 15.3 Å². The van der Waals surface area contributed by atoms with Crippen LogP contribution in [0, 0.1) is 0 Å². The first-order chi connectivity index (χ1) is 12.7. The molecule has 2 heterocycles. The van der Waals surface area contributed by atoms with E-state index in [4.69, 9.17) is 4.74 Å². The van der Waals surface area contributed by atoms with Crippen LogP contribution in [0.1, 0.15) is 18.2 Å². The second-order valence-electron chi connectivity index (χ2n) is 5.44. The maximum Gasteiger partial charge on any atom is 0.244 e. The van der Waals surface area contributed by atoms with Gasteiger partial charge in [-0.05, 0) is 42.8 Å². The van der Waals surface area contributed by atoms with Gasteiger partial charge in [-0.25, -0.2) is 4.98 Å². The third-order valence-electron chi connectivity index (χ3n) is 3.52. The van der Waals surface area contributed by atoms with Crippen LogP contribution in [0.4, 0.5) is 0 Å². The highest BCUT2D eigenvalue weighted by molar-refractivity contribution is 7.13. The van der Waals surface area contributed by atoms with E-state index in [0.717, 1.165) is 27.6 Å². The summed E-state index contributed by atoms with van der Waals surface area (Å²) in [4.78, 5) is 20.6. The summed E-state index contributed by atoms with van der Waals surface area (Å²) in [5, 5.41) is 5.68. The molecule has 2 aromatic heterocycles. The second-order valence-corrected chi connectivity index (χ2v) is 6.30. The molecular weight excluding hydrogens is 346 g/mol. The highest BCUT2D eigenvalue weighted by atomic mass is 32.1. The van der Waals surface area contributed by atoms with Gasteiger partial charge in [0.25, 0.3) is 0 Å². The molecule has 26 heavy (non-hydrogen) atoms. The van der Waals surface area contributed by atoms with Gasteiger partial charge in [0.05, 0.1) is 18.8 Å². The highest BCUT2D eigenvalue weighted by Gasteiger charge is 2.05. The van der Waals surface area contributed by atoms with E-state index in [1.165, 1.54) is 17.4 Å². The lowest BCUT2D eigenvalue weighted by Crippen LogP contribution is -2.20. The summed E-state index contributed by atoms with van der Waals surface area (Å²) in [5.74, 6) is 0.664. The average molecular weight is 365 g/mol. The number of nitrogens with one attached hydrogen (secondary N) is 1. The van der Waals surface area contributed by atoms with E-state index in [1.807, 2.05) is 48.7 Å². The molecule has 1 amide bonds. The van der Waals surface area contributed by atoms with Crippen LogP contribution in [-0.2, 0) is 11.3 Å². The van der Waals surface area contributed by atoms with Gasteiger partial charge < -0.3 is 10.1 Å². The first-order valence-corrected chi connectivity index (χ1v) is 9.16. The van der Waals surface area contributed by atoms with E-state index >= 15 is 0 Å². The summed E-state index contributed by atoms with van der Waals surface area (Å²) in [6.07, 6.45) is 6.80. The van der Waals surface area contributed by atoms with Gasteiger partial charge >= 0.3 is 0 Å². The van der Waals surface area contributed by atoms with Crippen molar-refractivity contribution in [2.75, 3.05) is 6.61 Å². The van der Waals surface area contributed by atoms with Crippen LogP contribution in [0.15, 0.2) is 60.2 Å². The Morgan fingerprint density at radius 1 is 1.27 bits per heavy atom. The number of amides is 1. The number of aromatic nitrogens is 2. The number of benzene rings is 1. The number of carbonyl (C=O) groups excluding carboxylic acids is 1. The van der Waals surface area contributed by atoms with Gasteiger partial charge in [0.15, 0.2) is 0 Å². The standard InChI is InChI=1S/C20H19N3O2S/c1-2-25-18-8-5-15(6-9-18)7-10-19(24)22-13-17-14-26-20(23-17)16-4-3-11-21-12-16/h3-12,14H,2,13H2,1H3,(H,22,24)/b10-7+. The molecule has 5 nitrogen and oxygen atoms in total. The maximum atomic E-state index is 12.0. The smallest absolute Gasteiger partial charge is 0.244 e. The molecular formula is C20H19N3O2S. The Balaban J connectivity index is 1.52. The number of thiazole rings is 1. The Morgan fingerprint density at radius 3 is 2.85 bits per heavy atom. The molecule has 0 radical (unpaired) electrons. The molecule has 0 aliphatic heterocycles. The number of rotatable bonds is 7. The monoisotopic (exact) mass is 365 g/mol. The fraction of sp³-hybridized carbons (Fsp3) is 0.150. The lowest BCUT2D eigenvalue weighted by molar-refractivity contribution is -0.116. The quantitative estimate of drug-likeness (QED) is 0.644. The summed E-state index contributed by atoms with van der Waals surface area (Å²) < 4.78 is 5.39. The third kappa shape index (κ3) is 5.00. The topological polar surface area (TPSA) is 64.1 Å². The van der Waals surface area contributed by atoms with Crippen molar-refractivity contribution in [3.63, 3.8) is 0 Å². The molecule has 0 aliphatic carbocycles. The number of ether oxygens (including phenoxy) is 1. The largest absolute Gasteiger partial charge is 0.494 e. The molecule has 1 aromatic carbocycles. The van der Waals surface area contributed by atoms with Gasteiger partial charge in [0.2, 0.25) is 5.91 Å². The van der Waals surface area contributed by atoms with Crippen LogP contribution < -0.4 is 10.1 Å². The average Bonchev–Trinajstić information content (AvgIpc) is 3.16. The minimum absolute atomic E-state index is 0.158. The Kier molecular flexibility index (Phi) is 6.11.